The summed E-state index contributed by atoms with van der Waals surface area (Å²) in [6.07, 6.45) is 0. The standard InChI is InChI=1S/C44H26.C42H26O/c1-2-6-27(7-3-1)34-24-35(37-20-16-32-14-12-28-8-4-10-30-18-22-39(37)43(32)41(28)30)26-36(25-34)38-21-17-33-15-13-29-9-5-11-31-19-23-40(38)44(33)42(29)31;1-2-12-27(13-3-1)29-15-10-16-30(26-29)39-32-18-6-8-20-34(32)40(35-21-9-7-19-33(35)39)36-22-11-23-38-41(36)37-25-24-28-14-4-5-17-31(28)42(37)43-38/h1-26H;1-26H/i1D,2D,3D,6D,7D;. The van der Waals surface area contributed by atoms with Gasteiger partial charge in [-0.3, -0.25) is 0 Å². The maximum atomic E-state index is 8.90. The van der Waals surface area contributed by atoms with Crippen LogP contribution in [0.25, 0.3) is 186 Å². The number of hydrogen-bond acceptors (Lipinski definition) is 1. The van der Waals surface area contributed by atoms with Gasteiger partial charge in [0.25, 0.3) is 0 Å². The van der Waals surface area contributed by atoms with Gasteiger partial charge in [0.05, 0.1) is 6.85 Å². The van der Waals surface area contributed by atoms with E-state index < -0.39 is 6.04 Å². The molecule has 0 spiro atoms. The van der Waals surface area contributed by atoms with Crippen molar-refractivity contribution in [3.05, 3.63) is 315 Å². The van der Waals surface area contributed by atoms with Crippen LogP contribution in [0.2, 0.25) is 0 Å². The van der Waals surface area contributed by atoms with E-state index in [-0.39, 0.29) is 29.7 Å². The normalized spacial score (nSPS) is 12.7. The Morgan fingerprint density at radius 3 is 1.25 bits per heavy atom. The highest BCUT2D eigenvalue weighted by atomic mass is 16.3. The van der Waals surface area contributed by atoms with E-state index >= 15 is 0 Å². The number of rotatable bonds is 6. The molecule has 18 aromatic carbocycles. The number of hydrogen-bond donors (Lipinski definition) is 0. The van der Waals surface area contributed by atoms with Crippen LogP contribution in [0.5, 0.6) is 0 Å². The molecule has 0 aliphatic heterocycles. The third-order valence-corrected chi connectivity index (χ3v) is 18.2. The Morgan fingerprint density at radius 2 is 0.644 bits per heavy atom. The monoisotopic (exact) mass is 1110 g/mol. The Balaban J connectivity index is 0.000000137. The second-order valence-electron chi connectivity index (χ2n) is 23.0. The minimum atomic E-state index is -0.395. The van der Waals surface area contributed by atoms with Crippen molar-refractivity contribution in [2.45, 2.75) is 0 Å². The van der Waals surface area contributed by atoms with E-state index in [1.54, 1.807) is 0 Å². The summed E-state index contributed by atoms with van der Waals surface area (Å²) < 4.78 is 49.6. The van der Waals surface area contributed by atoms with Gasteiger partial charge < -0.3 is 4.42 Å². The van der Waals surface area contributed by atoms with Crippen molar-refractivity contribution >= 4 is 119 Å². The zero-order valence-corrected chi connectivity index (χ0v) is 47.0. The maximum absolute atomic E-state index is 8.90. The van der Waals surface area contributed by atoms with Gasteiger partial charge >= 0.3 is 0 Å². The Kier molecular flexibility index (Phi) is 9.96. The van der Waals surface area contributed by atoms with Crippen LogP contribution in [-0.2, 0) is 0 Å². The van der Waals surface area contributed by atoms with Crippen molar-refractivity contribution in [3.63, 3.8) is 0 Å². The molecule has 0 radical (unpaired) electrons. The minimum Gasteiger partial charge on any atom is -0.455 e. The zero-order valence-electron chi connectivity index (χ0n) is 52.0. The summed E-state index contributed by atoms with van der Waals surface area (Å²) in [5.74, 6) is 0. The molecule has 1 nitrogen and oxygen atoms in total. The molecule has 1 aromatic heterocycles. The highest BCUT2D eigenvalue weighted by Gasteiger charge is 2.22. The molecule has 0 amide bonds. The van der Waals surface area contributed by atoms with Crippen LogP contribution >= 0.6 is 0 Å². The topological polar surface area (TPSA) is 13.1 Å². The summed E-state index contributed by atoms with van der Waals surface area (Å²) in [4.78, 5) is 0. The summed E-state index contributed by atoms with van der Waals surface area (Å²) in [5, 5.41) is 23.8. The first kappa shape index (κ1) is 44.2. The Morgan fingerprint density at radius 1 is 0.218 bits per heavy atom. The maximum Gasteiger partial charge on any atom is 0.143 e. The predicted molar refractivity (Wildman–Crippen MR) is 373 cm³/mol. The van der Waals surface area contributed by atoms with Gasteiger partial charge in [-0.25, -0.2) is 0 Å². The number of fused-ring (bicyclic) bond motifs is 7. The van der Waals surface area contributed by atoms with Gasteiger partial charge in [-0.1, -0.05) is 279 Å². The van der Waals surface area contributed by atoms with Crippen molar-refractivity contribution in [1.29, 1.82) is 0 Å². The van der Waals surface area contributed by atoms with Crippen molar-refractivity contribution in [1.82, 2.24) is 0 Å². The van der Waals surface area contributed by atoms with Crippen molar-refractivity contribution in [2.24, 2.45) is 0 Å². The molecule has 19 aromatic rings. The van der Waals surface area contributed by atoms with E-state index in [0.717, 1.165) is 71.1 Å². The van der Waals surface area contributed by atoms with E-state index in [0.29, 0.717) is 5.56 Å². The zero-order chi connectivity index (χ0) is 61.5. The van der Waals surface area contributed by atoms with Crippen LogP contribution in [0.1, 0.15) is 6.85 Å². The second-order valence-corrected chi connectivity index (χ2v) is 23.0. The van der Waals surface area contributed by atoms with Gasteiger partial charge in [-0.15, -0.1) is 0 Å². The molecule has 0 bridgehead atoms. The third-order valence-electron chi connectivity index (χ3n) is 18.2. The van der Waals surface area contributed by atoms with Crippen LogP contribution in [0.4, 0.5) is 0 Å². The lowest BCUT2D eigenvalue weighted by Crippen LogP contribution is -1.91. The van der Waals surface area contributed by atoms with Crippen molar-refractivity contribution < 1.29 is 11.3 Å². The van der Waals surface area contributed by atoms with Crippen LogP contribution in [0.15, 0.2) is 320 Å². The Bertz CT molecular complexity index is 5980. The molecular formula is C86H52O. The molecule has 87 heavy (non-hydrogen) atoms. The van der Waals surface area contributed by atoms with E-state index in [1.807, 2.05) is 12.1 Å². The largest absolute Gasteiger partial charge is 0.455 e. The molecule has 1 heteroatoms. The fraction of sp³-hybridized carbons (Fsp3) is 0. The average molecular weight is 1110 g/mol. The van der Waals surface area contributed by atoms with Crippen molar-refractivity contribution in [3.8, 4) is 66.8 Å². The van der Waals surface area contributed by atoms with Crippen molar-refractivity contribution in [2.75, 3.05) is 0 Å². The molecule has 19 rings (SSSR count). The van der Waals surface area contributed by atoms with Crippen LogP contribution in [-0.4, -0.2) is 0 Å². The quantitative estimate of drug-likeness (QED) is 0.119. The number of benzene rings is 18. The molecule has 0 atom stereocenters. The first-order valence-corrected chi connectivity index (χ1v) is 29.7. The van der Waals surface area contributed by atoms with E-state index in [9.17, 15) is 0 Å². The molecule has 0 saturated carbocycles. The predicted octanol–water partition coefficient (Wildman–Crippen LogP) is 24.5. The average Bonchev–Trinajstić information content (AvgIpc) is 1.20. The summed E-state index contributed by atoms with van der Waals surface area (Å²) in [5.41, 5.74) is 13.9. The lowest BCUT2D eigenvalue weighted by Gasteiger charge is -2.18. The fourth-order valence-corrected chi connectivity index (χ4v) is 14.4. The number of furan rings is 1. The summed E-state index contributed by atoms with van der Waals surface area (Å²) >= 11 is 0. The van der Waals surface area contributed by atoms with Crippen LogP contribution in [0.3, 0.4) is 0 Å². The summed E-state index contributed by atoms with van der Waals surface area (Å²) in [6, 6.07) is 100. The fourth-order valence-electron chi connectivity index (χ4n) is 14.4. The smallest absolute Gasteiger partial charge is 0.143 e. The second kappa shape index (κ2) is 19.6. The molecule has 0 fully saturated rings. The SMILES string of the molecule is [2H]c1c([2H])c([2H])c(-c2cc(-c3ccc4ccc5cccc6ccc3c4c56)cc(-c3ccc4ccc5cccc6ccc3c4c56)c2)c([2H])c1[2H].c1ccc(-c2cccc(-c3c4ccccc4c(-c4cccc5oc6c7ccccc7ccc6c45)c4ccccc34)c2)cc1. The van der Waals surface area contributed by atoms with Gasteiger partial charge in [0, 0.05) is 16.2 Å². The van der Waals surface area contributed by atoms with Crippen LogP contribution < -0.4 is 0 Å². The van der Waals surface area contributed by atoms with Gasteiger partial charge in [-0.2, -0.15) is 0 Å². The molecule has 402 valence electrons. The highest BCUT2D eigenvalue weighted by molar-refractivity contribution is 6.29. The lowest BCUT2D eigenvalue weighted by atomic mass is 9.84. The molecule has 0 saturated heterocycles. The molecule has 0 aliphatic rings. The van der Waals surface area contributed by atoms with Gasteiger partial charge in [-0.05, 0) is 195 Å². The lowest BCUT2D eigenvalue weighted by molar-refractivity contribution is 0.673. The first-order chi connectivity index (χ1) is 45.2. The summed E-state index contributed by atoms with van der Waals surface area (Å²) in [6.45, 7) is 0. The van der Waals surface area contributed by atoms with E-state index in [1.165, 1.54) is 103 Å². The van der Waals surface area contributed by atoms with Gasteiger partial charge in [0.15, 0.2) is 0 Å². The first-order valence-electron chi connectivity index (χ1n) is 32.2. The highest BCUT2D eigenvalue weighted by Crippen LogP contribution is 2.49. The van der Waals surface area contributed by atoms with Crippen LogP contribution in [0, 0.1) is 0 Å². The van der Waals surface area contributed by atoms with Gasteiger partial charge in [0.1, 0.15) is 11.2 Å². The Labute approximate surface area is 509 Å². The molecule has 0 unspecified atom stereocenters. The minimum absolute atomic E-state index is 0.199. The van der Waals surface area contributed by atoms with E-state index in [2.05, 4.69) is 273 Å². The molecular weight excluding hydrogens is 1050 g/mol. The Hall–Kier alpha value is -11.4. The molecule has 0 aliphatic carbocycles. The van der Waals surface area contributed by atoms with E-state index in [4.69, 9.17) is 11.3 Å². The van der Waals surface area contributed by atoms with Gasteiger partial charge in [0.2, 0.25) is 0 Å². The summed E-state index contributed by atoms with van der Waals surface area (Å²) in [7, 11) is 0. The molecule has 1 heterocycles. The third kappa shape index (κ3) is 7.80. The molecule has 0 N–H and O–H groups in total.